The standard InChI is InChI=1S/C31H33F3N6O4/c1-19-26(28(41)43-4)27(39-29(36-37-30(39)42)38(19)23-7-5-6-22(17-23)31(32,33)34)25-9-8-20(18-35)16-21(25)10-13-40(2,3)24-11-14-44-15-12-24/h5-9,16-17,24,27H,10-15H2,1-4H3/p+1/t27-/m1/s1. The van der Waals surface area contributed by atoms with Crippen molar-refractivity contribution in [1.29, 1.82) is 5.26 Å². The maximum atomic E-state index is 13.6. The molecular formula is C31H34F3N6O4+. The molecule has 0 spiro atoms. The number of aromatic nitrogens is 3. The Morgan fingerprint density at radius 2 is 1.93 bits per heavy atom. The molecule has 13 heteroatoms. The SMILES string of the molecule is COC(=O)C1=C(C)N(c2cccc(C(F)(F)F)c2)c2n[nH]c(=O)n2[C@@H]1c1ccc(C#N)cc1CC[N+](C)(C)C1CCOCC1. The third-order valence-corrected chi connectivity index (χ3v) is 8.68. The zero-order valence-electron chi connectivity index (χ0n) is 24.9. The van der Waals surface area contributed by atoms with Crippen molar-refractivity contribution < 1.29 is 31.9 Å². The quantitative estimate of drug-likeness (QED) is 0.310. The largest absolute Gasteiger partial charge is 0.466 e. The number of methoxy groups -OCH3 is 1. The normalized spacial score (nSPS) is 17.8. The molecule has 3 aromatic rings. The smallest absolute Gasteiger partial charge is 0.416 e. The number of aromatic amines is 1. The van der Waals surface area contributed by atoms with Gasteiger partial charge in [-0.3, -0.25) is 4.90 Å². The van der Waals surface area contributed by atoms with Crippen LogP contribution in [0.5, 0.6) is 0 Å². The lowest BCUT2D eigenvalue weighted by molar-refractivity contribution is -0.916. The van der Waals surface area contributed by atoms with E-state index in [4.69, 9.17) is 9.47 Å². The Labute approximate surface area is 252 Å². The van der Waals surface area contributed by atoms with Gasteiger partial charge in [-0.15, -0.1) is 5.10 Å². The van der Waals surface area contributed by atoms with Gasteiger partial charge in [0.05, 0.1) is 69.8 Å². The third-order valence-electron chi connectivity index (χ3n) is 8.68. The van der Waals surface area contributed by atoms with Gasteiger partial charge < -0.3 is 14.0 Å². The second kappa shape index (κ2) is 11.9. The first-order valence-electron chi connectivity index (χ1n) is 14.2. The van der Waals surface area contributed by atoms with Crippen LogP contribution in [0.15, 0.2) is 58.5 Å². The Morgan fingerprint density at radius 3 is 2.59 bits per heavy atom. The number of H-pyrrole nitrogens is 1. The Morgan fingerprint density at radius 1 is 1.20 bits per heavy atom. The molecule has 0 aliphatic carbocycles. The number of hydrogen-bond donors (Lipinski definition) is 1. The van der Waals surface area contributed by atoms with Gasteiger partial charge in [0.15, 0.2) is 0 Å². The number of quaternary nitrogens is 1. The number of nitriles is 1. The van der Waals surface area contributed by atoms with Gasteiger partial charge in [0.25, 0.3) is 0 Å². The van der Waals surface area contributed by atoms with Gasteiger partial charge in [-0.25, -0.2) is 19.3 Å². The van der Waals surface area contributed by atoms with Gasteiger partial charge in [0.2, 0.25) is 5.95 Å². The summed E-state index contributed by atoms with van der Waals surface area (Å²) < 4.78 is 53.6. The zero-order valence-corrected chi connectivity index (χ0v) is 24.9. The first-order chi connectivity index (χ1) is 20.9. The van der Waals surface area contributed by atoms with E-state index in [2.05, 4.69) is 30.4 Å². The maximum absolute atomic E-state index is 13.6. The fourth-order valence-corrected chi connectivity index (χ4v) is 6.21. The Hall–Kier alpha value is -4.41. The van der Waals surface area contributed by atoms with Crippen molar-refractivity contribution in [2.75, 3.05) is 45.9 Å². The molecule has 0 unspecified atom stereocenters. The molecule has 1 aromatic heterocycles. The summed E-state index contributed by atoms with van der Waals surface area (Å²) >= 11 is 0. The minimum Gasteiger partial charge on any atom is -0.466 e. The van der Waals surface area contributed by atoms with Gasteiger partial charge in [-0.2, -0.15) is 18.4 Å². The number of hydrogen-bond acceptors (Lipinski definition) is 7. The number of fused-ring (bicyclic) bond motifs is 1. The first kappa shape index (κ1) is 31.0. The molecule has 232 valence electrons. The van der Waals surface area contributed by atoms with Crippen LogP contribution >= 0.6 is 0 Å². The topological polar surface area (TPSA) is 113 Å². The van der Waals surface area contributed by atoms with Crippen molar-refractivity contribution in [2.24, 2.45) is 0 Å². The van der Waals surface area contributed by atoms with Crippen LogP contribution in [0.2, 0.25) is 0 Å². The summed E-state index contributed by atoms with van der Waals surface area (Å²) in [7, 11) is 5.51. The van der Waals surface area contributed by atoms with Crippen LogP contribution in [-0.4, -0.2) is 72.2 Å². The highest BCUT2D eigenvalue weighted by Gasteiger charge is 2.41. The monoisotopic (exact) mass is 611 g/mol. The molecule has 10 nitrogen and oxygen atoms in total. The number of nitrogens with zero attached hydrogens (tertiary/aromatic N) is 5. The summed E-state index contributed by atoms with van der Waals surface area (Å²) in [6.45, 7) is 3.69. The highest BCUT2D eigenvalue weighted by molar-refractivity contribution is 5.93. The number of anilines is 2. The van der Waals surface area contributed by atoms with E-state index in [0.717, 1.165) is 30.5 Å². The summed E-state index contributed by atoms with van der Waals surface area (Å²) in [6.07, 6.45) is -2.24. The van der Waals surface area contributed by atoms with Gasteiger partial charge in [-0.1, -0.05) is 12.1 Å². The van der Waals surface area contributed by atoms with Crippen LogP contribution in [0.3, 0.4) is 0 Å². The second-order valence-electron chi connectivity index (χ2n) is 11.6. The Kier molecular flexibility index (Phi) is 8.42. The lowest BCUT2D eigenvalue weighted by Crippen LogP contribution is -2.52. The van der Waals surface area contributed by atoms with Crippen molar-refractivity contribution in [3.05, 3.63) is 86.5 Å². The van der Waals surface area contributed by atoms with Crippen molar-refractivity contribution >= 4 is 17.6 Å². The van der Waals surface area contributed by atoms with E-state index in [-0.39, 0.29) is 22.9 Å². The molecular weight excluding hydrogens is 577 g/mol. The van der Waals surface area contributed by atoms with Crippen LogP contribution < -0.4 is 10.6 Å². The molecule has 5 rings (SSSR count). The molecule has 2 aromatic carbocycles. The molecule has 1 atom stereocenters. The predicted octanol–water partition coefficient (Wildman–Crippen LogP) is 4.45. The number of rotatable bonds is 7. The fraction of sp³-hybridized carbons (Fsp3) is 0.419. The zero-order chi connectivity index (χ0) is 31.8. The summed E-state index contributed by atoms with van der Waals surface area (Å²) in [5, 5.41) is 16.3. The van der Waals surface area contributed by atoms with E-state index >= 15 is 0 Å². The summed E-state index contributed by atoms with van der Waals surface area (Å²) in [5.74, 6) is -0.741. The lowest BCUT2D eigenvalue weighted by atomic mass is 9.88. The highest BCUT2D eigenvalue weighted by atomic mass is 19.4. The second-order valence-corrected chi connectivity index (χ2v) is 11.6. The molecule has 2 aliphatic rings. The van der Waals surface area contributed by atoms with Crippen molar-refractivity contribution in [3.63, 3.8) is 0 Å². The molecule has 1 saturated heterocycles. The van der Waals surface area contributed by atoms with Crippen LogP contribution in [0.4, 0.5) is 24.8 Å². The molecule has 2 aliphatic heterocycles. The van der Waals surface area contributed by atoms with E-state index in [0.29, 0.717) is 47.8 Å². The molecule has 0 saturated carbocycles. The average molecular weight is 612 g/mol. The Balaban J connectivity index is 1.66. The summed E-state index contributed by atoms with van der Waals surface area (Å²) in [6, 6.07) is 11.2. The van der Waals surface area contributed by atoms with Gasteiger partial charge >= 0.3 is 17.8 Å². The summed E-state index contributed by atoms with van der Waals surface area (Å²) in [4.78, 5) is 28.2. The number of nitrogens with one attached hydrogen (secondary N) is 1. The van der Waals surface area contributed by atoms with Crippen molar-refractivity contribution in [3.8, 4) is 6.07 Å². The fourth-order valence-electron chi connectivity index (χ4n) is 6.21. The number of esters is 1. The molecule has 0 bridgehead atoms. The number of halogens is 3. The van der Waals surface area contributed by atoms with E-state index in [1.54, 1.807) is 25.1 Å². The number of carbonyl (C=O) groups is 1. The van der Waals surface area contributed by atoms with Crippen molar-refractivity contribution in [2.45, 2.75) is 44.4 Å². The molecule has 1 N–H and O–H groups in total. The number of benzene rings is 2. The van der Waals surface area contributed by atoms with Crippen LogP contribution in [0.1, 0.15) is 48.1 Å². The van der Waals surface area contributed by atoms with E-state index in [1.807, 2.05) is 0 Å². The highest BCUT2D eigenvalue weighted by Crippen LogP contribution is 2.43. The number of allylic oxidation sites excluding steroid dienone is 1. The first-order valence-corrected chi connectivity index (χ1v) is 14.2. The lowest BCUT2D eigenvalue weighted by Gasteiger charge is -2.40. The number of likely N-dealkylation sites (N-methyl/N-ethyl adjacent to an activating group) is 1. The minimum atomic E-state index is -4.61. The summed E-state index contributed by atoms with van der Waals surface area (Å²) in [5.41, 5.74) is 0.580. The molecule has 0 amide bonds. The van der Waals surface area contributed by atoms with Crippen LogP contribution in [0, 0.1) is 11.3 Å². The molecule has 1 fully saturated rings. The van der Waals surface area contributed by atoms with Crippen molar-refractivity contribution in [1.82, 2.24) is 14.8 Å². The molecule has 0 radical (unpaired) electrons. The molecule has 3 heterocycles. The maximum Gasteiger partial charge on any atom is 0.416 e. The van der Waals surface area contributed by atoms with E-state index in [9.17, 15) is 28.0 Å². The number of ether oxygens (including phenoxy) is 2. The van der Waals surface area contributed by atoms with E-state index < -0.39 is 29.4 Å². The average Bonchev–Trinajstić information content (AvgIpc) is 3.39. The molecule has 44 heavy (non-hydrogen) atoms. The van der Waals surface area contributed by atoms with Gasteiger partial charge in [-0.05, 0) is 48.4 Å². The minimum absolute atomic E-state index is 0.0121. The van der Waals surface area contributed by atoms with E-state index in [1.165, 1.54) is 28.7 Å². The Bertz CT molecular complexity index is 1690. The van der Waals surface area contributed by atoms with Crippen LogP contribution in [0.25, 0.3) is 0 Å². The number of alkyl halides is 3. The van der Waals surface area contributed by atoms with Gasteiger partial charge in [0, 0.05) is 30.6 Å². The van der Waals surface area contributed by atoms with Crippen LogP contribution in [-0.2, 0) is 26.9 Å². The van der Waals surface area contributed by atoms with Gasteiger partial charge in [0.1, 0.15) is 6.04 Å². The number of carbonyl (C=O) groups excluding carboxylic acids is 1. The predicted molar refractivity (Wildman–Crippen MR) is 155 cm³/mol. The third kappa shape index (κ3) is 5.75.